The third kappa shape index (κ3) is 6.10. The summed E-state index contributed by atoms with van der Waals surface area (Å²) in [6, 6.07) is 1.78. The Hall–Kier alpha value is -0.370. The Labute approximate surface area is 136 Å². The third-order valence-electron chi connectivity index (χ3n) is 3.03. The van der Waals surface area contributed by atoms with E-state index in [0.29, 0.717) is 18.3 Å². The number of hydrogen-bond donors (Lipinski definition) is 2. The number of sulfonamides is 1. The molecule has 0 radical (unpaired) electrons. The van der Waals surface area contributed by atoms with Crippen molar-refractivity contribution in [3.63, 3.8) is 0 Å². The van der Waals surface area contributed by atoms with Gasteiger partial charge in [-0.2, -0.15) is 0 Å². The van der Waals surface area contributed by atoms with Crippen molar-refractivity contribution in [2.75, 3.05) is 0 Å². The zero-order chi connectivity index (χ0) is 16.0. The van der Waals surface area contributed by atoms with E-state index in [1.54, 1.807) is 6.07 Å². The van der Waals surface area contributed by atoms with Gasteiger partial charge in [0.15, 0.2) is 4.67 Å². The Balaban J connectivity index is 2.78. The summed E-state index contributed by atoms with van der Waals surface area (Å²) >= 11 is 3.19. The zero-order valence-electron chi connectivity index (χ0n) is 13.1. The summed E-state index contributed by atoms with van der Waals surface area (Å²) in [4.78, 5) is 0.159. The minimum absolute atomic E-state index is 0.0889. The second kappa shape index (κ2) is 8.31. The summed E-state index contributed by atoms with van der Waals surface area (Å²) < 4.78 is 33.1. The van der Waals surface area contributed by atoms with Crippen molar-refractivity contribution in [1.29, 1.82) is 0 Å². The van der Waals surface area contributed by atoms with E-state index in [9.17, 15) is 8.42 Å². The number of nitrogens with one attached hydrogen (secondary N) is 2. The molecule has 0 amide bonds. The highest BCUT2D eigenvalue weighted by Crippen LogP contribution is 2.26. The molecule has 21 heavy (non-hydrogen) atoms. The zero-order valence-corrected chi connectivity index (χ0v) is 15.5. The summed E-state index contributed by atoms with van der Waals surface area (Å²) in [6.07, 6.45) is 2.87. The van der Waals surface area contributed by atoms with Crippen LogP contribution in [-0.2, 0) is 16.6 Å². The van der Waals surface area contributed by atoms with Gasteiger partial charge in [-0.1, -0.05) is 33.6 Å². The highest BCUT2D eigenvalue weighted by molar-refractivity contribution is 9.10. The maximum Gasteiger partial charge on any atom is 0.245 e. The molecule has 0 fully saturated rings. The van der Waals surface area contributed by atoms with E-state index in [1.807, 2.05) is 20.8 Å². The third-order valence-corrected chi connectivity index (χ3v) is 5.47. The van der Waals surface area contributed by atoms with E-state index in [2.05, 4.69) is 32.9 Å². The van der Waals surface area contributed by atoms with Gasteiger partial charge in [0.05, 0.1) is 6.54 Å². The molecule has 1 aromatic rings. The van der Waals surface area contributed by atoms with Gasteiger partial charge >= 0.3 is 0 Å². The lowest BCUT2D eigenvalue weighted by Crippen LogP contribution is -2.32. The molecule has 1 unspecified atom stereocenters. The summed E-state index contributed by atoms with van der Waals surface area (Å²) in [5.74, 6) is 0.595. The van der Waals surface area contributed by atoms with Gasteiger partial charge in [-0.15, -0.1) is 0 Å². The van der Waals surface area contributed by atoms with Crippen LogP contribution >= 0.6 is 15.9 Å². The van der Waals surface area contributed by atoms with Crippen molar-refractivity contribution >= 4 is 26.0 Å². The van der Waals surface area contributed by atoms with Gasteiger partial charge < -0.3 is 9.73 Å². The van der Waals surface area contributed by atoms with Gasteiger partial charge in [0, 0.05) is 18.2 Å². The lowest BCUT2D eigenvalue weighted by molar-refractivity contribution is 0.446. The molecular weight excluding hydrogens is 356 g/mol. The fraction of sp³-hybridized carbons (Fsp3) is 0.714. The highest BCUT2D eigenvalue weighted by atomic mass is 79.9. The van der Waals surface area contributed by atoms with Gasteiger partial charge in [0.1, 0.15) is 10.7 Å². The van der Waals surface area contributed by atoms with E-state index in [4.69, 9.17) is 4.42 Å². The van der Waals surface area contributed by atoms with E-state index in [0.717, 1.165) is 19.3 Å². The molecular formula is C14H25BrN2O3S. The first-order valence-corrected chi connectivity index (χ1v) is 9.57. The summed E-state index contributed by atoms with van der Waals surface area (Å²) in [7, 11) is -3.56. The molecule has 0 spiro atoms. The van der Waals surface area contributed by atoms with Crippen LogP contribution in [0.3, 0.4) is 0 Å². The number of unbranched alkanes of at least 4 members (excludes halogenated alkanes) is 1. The molecule has 1 atom stereocenters. The molecule has 1 heterocycles. The lowest BCUT2D eigenvalue weighted by Gasteiger charge is -2.12. The Kier molecular flexibility index (Phi) is 7.39. The second-order valence-corrected chi connectivity index (χ2v) is 7.95. The largest absolute Gasteiger partial charge is 0.452 e. The number of hydrogen-bond acceptors (Lipinski definition) is 4. The van der Waals surface area contributed by atoms with Crippen LogP contribution in [0.25, 0.3) is 0 Å². The van der Waals surface area contributed by atoms with Crippen LogP contribution in [0.4, 0.5) is 0 Å². The second-order valence-electron chi connectivity index (χ2n) is 5.55. The van der Waals surface area contributed by atoms with Gasteiger partial charge in [-0.25, -0.2) is 13.1 Å². The fourth-order valence-corrected chi connectivity index (χ4v) is 4.15. The topological polar surface area (TPSA) is 71.3 Å². The molecule has 0 aliphatic carbocycles. The fourth-order valence-electron chi connectivity index (χ4n) is 1.87. The average molecular weight is 381 g/mol. The highest BCUT2D eigenvalue weighted by Gasteiger charge is 2.24. The SMILES string of the molecule is CCCCC(C)NS(=O)(=O)c1cc(CNC(C)C)oc1Br. The van der Waals surface area contributed by atoms with Crippen LogP contribution in [0.15, 0.2) is 20.0 Å². The van der Waals surface area contributed by atoms with E-state index in [-0.39, 0.29) is 15.6 Å². The van der Waals surface area contributed by atoms with E-state index in [1.165, 1.54) is 0 Å². The summed E-state index contributed by atoms with van der Waals surface area (Å²) in [5.41, 5.74) is 0. The lowest BCUT2D eigenvalue weighted by atomic mass is 10.2. The first-order chi connectivity index (χ1) is 9.76. The number of furan rings is 1. The summed E-state index contributed by atoms with van der Waals surface area (Å²) in [6.45, 7) is 8.50. The first kappa shape index (κ1) is 18.7. The predicted molar refractivity (Wildman–Crippen MR) is 87.7 cm³/mol. The molecule has 0 aliphatic heterocycles. The maximum absolute atomic E-state index is 12.4. The van der Waals surface area contributed by atoms with Crippen molar-refractivity contribution in [1.82, 2.24) is 10.0 Å². The van der Waals surface area contributed by atoms with Crippen LogP contribution in [0, 0.1) is 0 Å². The standard InChI is InChI=1S/C14H25BrN2O3S/c1-5-6-7-11(4)17-21(18,19)13-8-12(20-14(13)15)9-16-10(2)3/h8,10-11,16-17H,5-7,9H2,1-4H3. The average Bonchev–Trinajstić information content (AvgIpc) is 2.75. The minimum Gasteiger partial charge on any atom is -0.452 e. The number of halogens is 1. The Bertz CT molecular complexity index is 540. The van der Waals surface area contributed by atoms with Crippen LogP contribution in [0.1, 0.15) is 52.7 Å². The van der Waals surface area contributed by atoms with Gasteiger partial charge in [-0.05, 0) is 29.3 Å². The normalized spacial score (nSPS) is 13.8. The van der Waals surface area contributed by atoms with Crippen molar-refractivity contribution < 1.29 is 12.8 Å². The van der Waals surface area contributed by atoms with Crippen molar-refractivity contribution in [3.05, 3.63) is 16.5 Å². The van der Waals surface area contributed by atoms with E-state index >= 15 is 0 Å². The Morgan fingerprint density at radius 1 is 1.33 bits per heavy atom. The molecule has 0 bridgehead atoms. The molecule has 5 nitrogen and oxygen atoms in total. The van der Waals surface area contributed by atoms with E-state index < -0.39 is 10.0 Å². The van der Waals surface area contributed by atoms with Crippen molar-refractivity contribution in [2.24, 2.45) is 0 Å². The van der Waals surface area contributed by atoms with Gasteiger partial charge in [-0.3, -0.25) is 0 Å². The molecule has 1 rings (SSSR count). The van der Waals surface area contributed by atoms with Crippen LogP contribution in [0.5, 0.6) is 0 Å². The maximum atomic E-state index is 12.4. The predicted octanol–water partition coefficient (Wildman–Crippen LogP) is 3.40. The number of rotatable bonds is 9. The molecule has 0 aromatic carbocycles. The van der Waals surface area contributed by atoms with Crippen LogP contribution < -0.4 is 10.0 Å². The molecule has 0 saturated heterocycles. The smallest absolute Gasteiger partial charge is 0.245 e. The quantitative estimate of drug-likeness (QED) is 0.688. The molecule has 7 heteroatoms. The van der Waals surface area contributed by atoms with Crippen molar-refractivity contribution in [3.8, 4) is 0 Å². The summed E-state index contributed by atoms with van der Waals surface area (Å²) in [5, 5.41) is 3.19. The molecule has 0 saturated carbocycles. The Morgan fingerprint density at radius 2 is 2.00 bits per heavy atom. The Morgan fingerprint density at radius 3 is 2.57 bits per heavy atom. The van der Waals surface area contributed by atoms with Crippen molar-refractivity contribution in [2.45, 2.75) is 70.5 Å². The van der Waals surface area contributed by atoms with Gasteiger partial charge in [0.2, 0.25) is 10.0 Å². The van der Waals surface area contributed by atoms with Crippen LogP contribution in [0.2, 0.25) is 0 Å². The van der Waals surface area contributed by atoms with Gasteiger partial charge in [0.25, 0.3) is 0 Å². The monoisotopic (exact) mass is 380 g/mol. The molecule has 122 valence electrons. The molecule has 2 N–H and O–H groups in total. The minimum atomic E-state index is -3.56. The molecule has 1 aromatic heterocycles. The van der Waals surface area contributed by atoms with Crippen LogP contribution in [-0.4, -0.2) is 20.5 Å². The molecule has 0 aliphatic rings. The first-order valence-electron chi connectivity index (χ1n) is 7.30.